The van der Waals surface area contributed by atoms with Gasteiger partial charge in [0, 0.05) is 21.3 Å². The maximum Gasteiger partial charge on any atom is 0.0465 e. The maximum absolute atomic E-state index is 3.47. The molecule has 0 saturated heterocycles. The fourth-order valence-corrected chi connectivity index (χ4v) is 3.18. The lowest BCUT2D eigenvalue weighted by atomic mass is 10.1. The van der Waals surface area contributed by atoms with Crippen LogP contribution in [-0.4, -0.2) is 4.98 Å². The van der Waals surface area contributed by atoms with Crippen LogP contribution in [0.4, 0.5) is 0 Å². The second kappa shape index (κ2) is 3.72. The highest BCUT2D eigenvalue weighted by Crippen LogP contribution is 2.29. The number of benzene rings is 2. The molecule has 0 radical (unpaired) electrons. The zero-order valence-electron chi connectivity index (χ0n) is 9.68. The van der Waals surface area contributed by atoms with Gasteiger partial charge in [0.2, 0.25) is 0 Å². The van der Waals surface area contributed by atoms with E-state index in [1.807, 2.05) is 0 Å². The number of thiophene rings is 1. The zero-order chi connectivity index (χ0) is 11.9. The smallest absolute Gasteiger partial charge is 0.0465 e. The summed E-state index contributed by atoms with van der Waals surface area (Å²) >= 11 is 1.79. The second-order valence-corrected chi connectivity index (χ2v) is 5.39. The third-order valence-corrected chi connectivity index (χ3v) is 4.18. The first-order valence-corrected chi connectivity index (χ1v) is 6.83. The predicted molar refractivity (Wildman–Crippen MR) is 79.1 cm³/mol. The topological polar surface area (TPSA) is 15.8 Å². The van der Waals surface area contributed by atoms with Gasteiger partial charge in [0.25, 0.3) is 0 Å². The van der Waals surface area contributed by atoms with Crippen LogP contribution in [-0.2, 0) is 0 Å². The van der Waals surface area contributed by atoms with Gasteiger partial charge in [-0.05, 0) is 40.6 Å². The molecule has 18 heavy (non-hydrogen) atoms. The van der Waals surface area contributed by atoms with E-state index in [-0.39, 0.29) is 0 Å². The van der Waals surface area contributed by atoms with E-state index in [2.05, 4.69) is 65.0 Å². The molecule has 2 heterocycles. The van der Waals surface area contributed by atoms with E-state index in [0.717, 1.165) is 0 Å². The minimum absolute atomic E-state index is 1.19. The molecule has 0 bridgehead atoms. The number of para-hydroxylation sites is 1. The molecule has 4 rings (SSSR count). The van der Waals surface area contributed by atoms with E-state index in [0.29, 0.717) is 0 Å². The number of aromatic nitrogens is 1. The van der Waals surface area contributed by atoms with Gasteiger partial charge in [-0.15, -0.1) is 11.3 Å². The van der Waals surface area contributed by atoms with Gasteiger partial charge in [0.15, 0.2) is 0 Å². The normalized spacial score (nSPS) is 11.3. The standard InChI is InChI=1S/C16H11NS/c1-2-4-14-12(3-1)9-15(17-14)13-6-5-11-7-8-18-16(11)10-13/h1-10,17H. The molecule has 1 N–H and O–H groups in total. The van der Waals surface area contributed by atoms with Gasteiger partial charge in [0.1, 0.15) is 0 Å². The lowest BCUT2D eigenvalue weighted by molar-refractivity contribution is 1.46. The fraction of sp³-hybridized carbons (Fsp3) is 0. The highest BCUT2D eigenvalue weighted by molar-refractivity contribution is 7.17. The molecular weight excluding hydrogens is 238 g/mol. The van der Waals surface area contributed by atoms with Crippen LogP contribution >= 0.6 is 11.3 Å². The van der Waals surface area contributed by atoms with Gasteiger partial charge < -0.3 is 4.98 Å². The van der Waals surface area contributed by atoms with Gasteiger partial charge in [-0.3, -0.25) is 0 Å². The van der Waals surface area contributed by atoms with Crippen LogP contribution in [0.25, 0.3) is 32.2 Å². The lowest BCUT2D eigenvalue weighted by Crippen LogP contribution is -1.75. The SMILES string of the molecule is c1ccc2[nH]c(-c3ccc4ccsc4c3)cc2c1. The summed E-state index contributed by atoms with van der Waals surface area (Å²) in [5.41, 5.74) is 3.63. The molecule has 0 aliphatic heterocycles. The largest absolute Gasteiger partial charge is 0.355 e. The summed E-state index contributed by atoms with van der Waals surface area (Å²) in [5, 5.41) is 4.72. The Morgan fingerprint density at radius 1 is 0.833 bits per heavy atom. The monoisotopic (exact) mass is 249 g/mol. The highest BCUT2D eigenvalue weighted by Gasteiger charge is 2.04. The van der Waals surface area contributed by atoms with Gasteiger partial charge in [-0.25, -0.2) is 0 Å². The van der Waals surface area contributed by atoms with Crippen molar-refractivity contribution >= 4 is 32.3 Å². The van der Waals surface area contributed by atoms with E-state index >= 15 is 0 Å². The Bertz CT molecular complexity index is 805. The summed E-state index contributed by atoms with van der Waals surface area (Å²) in [6.07, 6.45) is 0. The Balaban J connectivity index is 1.94. The van der Waals surface area contributed by atoms with Crippen molar-refractivity contribution in [3.63, 3.8) is 0 Å². The summed E-state index contributed by atoms with van der Waals surface area (Å²) in [7, 11) is 0. The quantitative estimate of drug-likeness (QED) is 0.486. The Morgan fingerprint density at radius 2 is 1.78 bits per heavy atom. The lowest BCUT2D eigenvalue weighted by Gasteiger charge is -1.97. The van der Waals surface area contributed by atoms with Gasteiger partial charge in [-0.1, -0.05) is 30.3 Å². The van der Waals surface area contributed by atoms with Crippen molar-refractivity contribution in [1.82, 2.24) is 4.98 Å². The average Bonchev–Trinajstić information content (AvgIpc) is 3.04. The van der Waals surface area contributed by atoms with Gasteiger partial charge >= 0.3 is 0 Å². The van der Waals surface area contributed by atoms with E-state index < -0.39 is 0 Å². The van der Waals surface area contributed by atoms with Crippen molar-refractivity contribution in [2.75, 3.05) is 0 Å². The van der Waals surface area contributed by atoms with E-state index in [9.17, 15) is 0 Å². The number of hydrogen-bond donors (Lipinski definition) is 1. The third kappa shape index (κ3) is 1.46. The molecule has 86 valence electrons. The first-order chi connectivity index (χ1) is 8.90. The number of fused-ring (bicyclic) bond motifs is 2. The van der Waals surface area contributed by atoms with Crippen LogP contribution in [0.5, 0.6) is 0 Å². The molecule has 2 aromatic carbocycles. The summed E-state index contributed by atoms with van der Waals surface area (Å²) in [5.74, 6) is 0. The second-order valence-electron chi connectivity index (χ2n) is 4.44. The molecule has 0 fully saturated rings. The number of H-pyrrole nitrogens is 1. The number of rotatable bonds is 1. The van der Waals surface area contributed by atoms with E-state index in [1.165, 1.54) is 32.2 Å². The molecule has 0 aliphatic carbocycles. The van der Waals surface area contributed by atoms with Crippen LogP contribution in [0.1, 0.15) is 0 Å². The Kier molecular flexibility index (Phi) is 2.05. The van der Waals surface area contributed by atoms with Crippen molar-refractivity contribution < 1.29 is 0 Å². The number of nitrogens with one attached hydrogen (secondary N) is 1. The highest BCUT2D eigenvalue weighted by atomic mass is 32.1. The molecule has 0 aliphatic rings. The van der Waals surface area contributed by atoms with Crippen molar-refractivity contribution in [3.8, 4) is 11.3 Å². The first kappa shape index (κ1) is 9.92. The minimum Gasteiger partial charge on any atom is -0.355 e. The van der Waals surface area contributed by atoms with Crippen molar-refractivity contribution in [1.29, 1.82) is 0 Å². The molecule has 0 unspecified atom stereocenters. The third-order valence-electron chi connectivity index (χ3n) is 3.30. The van der Waals surface area contributed by atoms with Crippen LogP contribution in [0.15, 0.2) is 60.0 Å². The molecule has 0 atom stereocenters. The van der Waals surface area contributed by atoms with Gasteiger partial charge in [-0.2, -0.15) is 0 Å². The van der Waals surface area contributed by atoms with Crippen LogP contribution < -0.4 is 0 Å². The van der Waals surface area contributed by atoms with Crippen LogP contribution in [0.2, 0.25) is 0 Å². The maximum atomic E-state index is 3.47. The number of hydrogen-bond acceptors (Lipinski definition) is 1. The van der Waals surface area contributed by atoms with E-state index in [1.54, 1.807) is 11.3 Å². The molecule has 0 spiro atoms. The molecule has 2 aromatic heterocycles. The van der Waals surface area contributed by atoms with Crippen LogP contribution in [0.3, 0.4) is 0 Å². The molecule has 1 nitrogen and oxygen atoms in total. The van der Waals surface area contributed by atoms with Crippen molar-refractivity contribution in [2.45, 2.75) is 0 Å². The Morgan fingerprint density at radius 3 is 2.72 bits per heavy atom. The Hall–Kier alpha value is -2.06. The molecule has 0 amide bonds. The average molecular weight is 249 g/mol. The van der Waals surface area contributed by atoms with Gasteiger partial charge in [0.05, 0.1) is 0 Å². The fourth-order valence-electron chi connectivity index (χ4n) is 2.35. The predicted octanol–water partition coefficient (Wildman–Crippen LogP) is 5.05. The molecular formula is C16H11NS. The first-order valence-electron chi connectivity index (χ1n) is 5.95. The minimum atomic E-state index is 1.19. The summed E-state index contributed by atoms with van der Waals surface area (Å²) < 4.78 is 1.34. The zero-order valence-corrected chi connectivity index (χ0v) is 10.5. The Labute approximate surface area is 109 Å². The van der Waals surface area contributed by atoms with Crippen LogP contribution in [0, 0.1) is 0 Å². The van der Waals surface area contributed by atoms with Crippen molar-refractivity contribution in [2.24, 2.45) is 0 Å². The summed E-state index contributed by atoms with van der Waals surface area (Å²) in [6.45, 7) is 0. The van der Waals surface area contributed by atoms with Crippen molar-refractivity contribution in [3.05, 3.63) is 60.0 Å². The number of aromatic amines is 1. The molecule has 2 heteroatoms. The molecule has 4 aromatic rings. The summed E-state index contributed by atoms with van der Waals surface area (Å²) in [6, 6.07) is 19.4. The summed E-state index contributed by atoms with van der Waals surface area (Å²) in [4.78, 5) is 3.47. The van der Waals surface area contributed by atoms with E-state index in [4.69, 9.17) is 0 Å². The molecule has 0 saturated carbocycles.